The first-order chi connectivity index (χ1) is 13.1. The van der Waals surface area contributed by atoms with Crippen molar-refractivity contribution >= 4 is 10.9 Å². The monoisotopic (exact) mass is 368 g/mol. The van der Waals surface area contributed by atoms with E-state index in [1.54, 1.807) is 6.07 Å². The lowest BCUT2D eigenvalue weighted by atomic mass is 9.97. The SMILES string of the molecule is Cc1ccc2[nH]c(CN3CCN(C[C@H]4CCCN(C)C4)CC3)cc(=O)c2c1. The molecule has 2 aromatic rings. The number of aromatic amines is 1. The summed E-state index contributed by atoms with van der Waals surface area (Å²) in [7, 11) is 2.25. The van der Waals surface area contributed by atoms with Gasteiger partial charge in [-0.25, -0.2) is 0 Å². The van der Waals surface area contributed by atoms with Crippen LogP contribution in [-0.2, 0) is 6.54 Å². The molecule has 3 heterocycles. The maximum atomic E-state index is 12.4. The molecule has 4 rings (SSSR count). The van der Waals surface area contributed by atoms with Gasteiger partial charge in [0.15, 0.2) is 5.43 Å². The topological polar surface area (TPSA) is 42.6 Å². The second-order valence-corrected chi connectivity index (χ2v) is 8.56. The van der Waals surface area contributed by atoms with Crippen LogP contribution in [0.4, 0.5) is 0 Å². The first-order valence-electron chi connectivity index (χ1n) is 10.3. The predicted molar refractivity (Wildman–Crippen MR) is 111 cm³/mol. The summed E-state index contributed by atoms with van der Waals surface area (Å²) < 4.78 is 0. The predicted octanol–water partition coefficient (Wildman–Crippen LogP) is 2.30. The highest BCUT2D eigenvalue weighted by molar-refractivity contribution is 5.79. The molecule has 0 aliphatic carbocycles. The molecule has 2 aliphatic heterocycles. The number of benzene rings is 1. The molecule has 2 fully saturated rings. The van der Waals surface area contributed by atoms with Crippen molar-refractivity contribution in [3.05, 3.63) is 45.7 Å². The molecule has 1 N–H and O–H groups in total. The third kappa shape index (κ3) is 4.60. The Labute approximate surface area is 162 Å². The highest BCUT2D eigenvalue weighted by atomic mass is 16.1. The summed E-state index contributed by atoms with van der Waals surface area (Å²) in [6, 6.07) is 7.84. The van der Waals surface area contributed by atoms with Gasteiger partial charge in [-0.15, -0.1) is 0 Å². The third-order valence-corrected chi connectivity index (χ3v) is 6.14. The van der Waals surface area contributed by atoms with E-state index in [1.807, 2.05) is 19.1 Å². The Bertz CT molecular complexity index is 838. The quantitative estimate of drug-likeness (QED) is 0.899. The molecule has 0 bridgehead atoms. The number of aromatic nitrogens is 1. The molecule has 0 unspecified atom stereocenters. The number of H-pyrrole nitrogens is 1. The Kier molecular flexibility index (Phi) is 5.62. The van der Waals surface area contributed by atoms with Gasteiger partial charge in [-0.1, -0.05) is 11.6 Å². The number of nitrogens with zero attached hydrogens (tertiary/aromatic N) is 3. The van der Waals surface area contributed by atoms with E-state index in [0.717, 1.165) is 60.8 Å². The standard InChI is InChI=1S/C22H32N4O/c1-17-5-6-21-20(12-17)22(27)13-19(23-21)16-26-10-8-25(9-11-26)15-18-4-3-7-24(2)14-18/h5-6,12-13,18H,3-4,7-11,14-16H2,1-2H3,(H,23,27)/t18-/m0/s1. The largest absolute Gasteiger partial charge is 0.357 e. The van der Waals surface area contributed by atoms with Crippen molar-refractivity contribution in [1.82, 2.24) is 19.7 Å². The van der Waals surface area contributed by atoms with Crippen molar-refractivity contribution in [2.75, 3.05) is 52.9 Å². The normalized spacial score (nSPS) is 23.1. The van der Waals surface area contributed by atoms with Gasteiger partial charge in [0.1, 0.15) is 0 Å². The van der Waals surface area contributed by atoms with E-state index >= 15 is 0 Å². The molecule has 1 aromatic heterocycles. The maximum absolute atomic E-state index is 12.4. The summed E-state index contributed by atoms with van der Waals surface area (Å²) in [6.07, 6.45) is 2.72. The van der Waals surface area contributed by atoms with Crippen molar-refractivity contribution in [2.24, 2.45) is 5.92 Å². The van der Waals surface area contributed by atoms with Gasteiger partial charge in [0, 0.05) is 68.5 Å². The Morgan fingerprint density at radius 3 is 2.63 bits per heavy atom. The Balaban J connectivity index is 1.33. The number of hydrogen-bond acceptors (Lipinski definition) is 4. The zero-order valence-corrected chi connectivity index (χ0v) is 16.7. The molecule has 146 valence electrons. The van der Waals surface area contributed by atoms with E-state index in [-0.39, 0.29) is 5.43 Å². The number of fused-ring (bicyclic) bond motifs is 1. The van der Waals surface area contributed by atoms with Gasteiger partial charge < -0.3 is 14.8 Å². The molecule has 0 saturated carbocycles. The number of pyridine rings is 1. The molecule has 1 atom stereocenters. The van der Waals surface area contributed by atoms with Crippen molar-refractivity contribution in [2.45, 2.75) is 26.3 Å². The lowest BCUT2D eigenvalue weighted by Crippen LogP contribution is -2.49. The van der Waals surface area contributed by atoms with Gasteiger partial charge in [0.05, 0.1) is 0 Å². The van der Waals surface area contributed by atoms with Gasteiger partial charge in [-0.2, -0.15) is 0 Å². The number of likely N-dealkylation sites (tertiary alicyclic amines) is 1. The Morgan fingerprint density at radius 1 is 1.07 bits per heavy atom. The summed E-state index contributed by atoms with van der Waals surface area (Å²) in [5.74, 6) is 0.829. The van der Waals surface area contributed by atoms with E-state index in [0.29, 0.717) is 0 Å². The second-order valence-electron chi connectivity index (χ2n) is 8.56. The van der Waals surface area contributed by atoms with Gasteiger partial charge in [-0.3, -0.25) is 9.69 Å². The fraction of sp³-hybridized carbons (Fsp3) is 0.591. The van der Waals surface area contributed by atoms with Gasteiger partial charge in [0.25, 0.3) is 0 Å². The minimum absolute atomic E-state index is 0.127. The molecule has 1 aromatic carbocycles. The van der Waals surface area contributed by atoms with Crippen LogP contribution in [0.5, 0.6) is 0 Å². The highest BCUT2D eigenvalue weighted by Crippen LogP contribution is 2.18. The number of piperazine rings is 1. The van der Waals surface area contributed by atoms with Crippen LogP contribution in [0.2, 0.25) is 0 Å². The van der Waals surface area contributed by atoms with Crippen molar-refractivity contribution in [3.8, 4) is 0 Å². The maximum Gasteiger partial charge on any atom is 0.189 e. The molecule has 0 radical (unpaired) electrons. The molecule has 2 saturated heterocycles. The molecule has 0 amide bonds. The van der Waals surface area contributed by atoms with E-state index < -0.39 is 0 Å². The number of aryl methyl sites for hydroxylation is 1. The van der Waals surface area contributed by atoms with Gasteiger partial charge >= 0.3 is 0 Å². The van der Waals surface area contributed by atoms with Gasteiger partial charge in [0.2, 0.25) is 0 Å². The van der Waals surface area contributed by atoms with Crippen molar-refractivity contribution < 1.29 is 0 Å². The third-order valence-electron chi connectivity index (χ3n) is 6.14. The fourth-order valence-electron chi connectivity index (χ4n) is 4.66. The molecular weight excluding hydrogens is 336 g/mol. The van der Waals surface area contributed by atoms with Crippen LogP contribution in [0.25, 0.3) is 10.9 Å². The molecule has 0 spiro atoms. The minimum Gasteiger partial charge on any atom is -0.357 e. The lowest BCUT2D eigenvalue weighted by molar-refractivity contribution is 0.0924. The van der Waals surface area contributed by atoms with Crippen LogP contribution in [0, 0.1) is 12.8 Å². The average Bonchev–Trinajstić information content (AvgIpc) is 2.64. The van der Waals surface area contributed by atoms with Gasteiger partial charge in [-0.05, 0) is 51.4 Å². The summed E-state index contributed by atoms with van der Waals surface area (Å²) in [4.78, 5) is 23.5. The Hall–Kier alpha value is -1.69. The first kappa shape index (κ1) is 18.7. The van der Waals surface area contributed by atoms with E-state index in [9.17, 15) is 4.79 Å². The smallest absolute Gasteiger partial charge is 0.189 e. The second kappa shape index (κ2) is 8.13. The number of nitrogens with one attached hydrogen (secondary N) is 1. The summed E-state index contributed by atoms with van der Waals surface area (Å²) >= 11 is 0. The molecule has 2 aliphatic rings. The fourth-order valence-corrected chi connectivity index (χ4v) is 4.66. The van der Waals surface area contributed by atoms with Crippen LogP contribution in [0.3, 0.4) is 0 Å². The number of piperidine rings is 1. The molecular formula is C22H32N4O. The lowest BCUT2D eigenvalue weighted by Gasteiger charge is -2.38. The Morgan fingerprint density at radius 2 is 1.85 bits per heavy atom. The van der Waals surface area contributed by atoms with Crippen molar-refractivity contribution in [1.29, 1.82) is 0 Å². The van der Waals surface area contributed by atoms with Crippen molar-refractivity contribution in [3.63, 3.8) is 0 Å². The van der Waals surface area contributed by atoms with Crippen LogP contribution in [0.15, 0.2) is 29.1 Å². The molecule has 27 heavy (non-hydrogen) atoms. The van der Waals surface area contributed by atoms with E-state index in [4.69, 9.17) is 0 Å². The minimum atomic E-state index is 0.127. The molecule has 5 nitrogen and oxygen atoms in total. The number of rotatable bonds is 4. The highest BCUT2D eigenvalue weighted by Gasteiger charge is 2.23. The summed E-state index contributed by atoms with van der Waals surface area (Å²) in [6.45, 7) is 11.0. The first-order valence-corrected chi connectivity index (χ1v) is 10.3. The average molecular weight is 369 g/mol. The molecule has 5 heteroatoms. The zero-order valence-electron chi connectivity index (χ0n) is 16.7. The van der Waals surface area contributed by atoms with E-state index in [2.05, 4.69) is 32.8 Å². The van der Waals surface area contributed by atoms with Crippen LogP contribution >= 0.6 is 0 Å². The summed E-state index contributed by atoms with van der Waals surface area (Å²) in [5.41, 5.74) is 3.23. The zero-order chi connectivity index (χ0) is 18.8. The summed E-state index contributed by atoms with van der Waals surface area (Å²) in [5, 5.41) is 0.793. The van der Waals surface area contributed by atoms with E-state index in [1.165, 1.54) is 32.5 Å². The van der Waals surface area contributed by atoms with Crippen LogP contribution in [0.1, 0.15) is 24.1 Å². The van der Waals surface area contributed by atoms with Crippen LogP contribution in [-0.4, -0.2) is 72.5 Å². The number of hydrogen-bond donors (Lipinski definition) is 1. The van der Waals surface area contributed by atoms with Crippen LogP contribution < -0.4 is 5.43 Å².